The number of hydrogen-bond acceptors (Lipinski definition) is 7. The van der Waals surface area contributed by atoms with Crippen molar-refractivity contribution in [2.75, 3.05) is 31.1 Å². The lowest BCUT2D eigenvalue weighted by molar-refractivity contribution is -0.119. The lowest BCUT2D eigenvalue weighted by atomic mass is 10.1. The van der Waals surface area contributed by atoms with E-state index in [0.29, 0.717) is 36.9 Å². The Bertz CT molecular complexity index is 955. The zero-order valence-electron chi connectivity index (χ0n) is 17.8. The molecule has 2 N–H and O–H groups in total. The summed E-state index contributed by atoms with van der Waals surface area (Å²) in [5.41, 5.74) is 2.54. The second kappa shape index (κ2) is 9.20. The summed E-state index contributed by atoms with van der Waals surface area (Å²) in [5.74, 6) is 2.04. The van der Waals surface area contributed by atoms with Crippen molar-refractivity contribution in [1.82, 2.24) is 20.6 Å². The van der Waals surface area contributed by atoms with Gasteiger partial charge in [0.05, 0.1) is 30.5 Å². The second-order valence-electron chi connectivity index (χ2n) is 7.77. The average Bonchev–Trinajstić information content (AvgIpc) is 3.12. The van der Waals surface area contributed by atoms with Gasteiger partial charge in [0.2, 0.25) is 11.8 Å². The van der Waals surface area contributed by atoms with E-state index in [-0.39, 0.29) is 17.9 Å². The first-order valence-electron chi connectivity index (χ1n) is 10.5. The highest BCUT2D eigenvalue weighted by atomic mass is 16.5. The van der Waals surface area contributed by atoms with Crippen molar-refractivity contribution in [2.45, 2.75) is 39.3 Å². The number of carbonyl (C=O) groups is 2. The SMILES string of the molecule is CC(=O)NCCOc1ccc(OC2CCN(c3nc4c(cc3C)C(=O)NC4)CC2)cn1. The number of carbonyl (C=O) groups excluding carboxylic acids is 2. The maximum atomic E-state index is 11.8. The Kier molecular flexibility index (Phi) is 6.20. The van der Waals surface area contributed by atoms with Crippen molar-refractivity contribution < 1.29 is 19.1 Å². The van der Waals surface area contributed by atoms with Crippen LogP contribution in [-0.4, -0.2) is 54.1 Å². The van der Waals surface area contributed by atoms with Gasteiger partial charge in [-0.3, -0.25) is 9.59 Å². The predicted octanol–water partition coefficient (Wildman–Crippen LogP) is 1.59. The Labute approximate surface area is 181 Å². The van der Waals surface area contributed by atoms with Gasteiger partial charge in [0.15, 0.2) is 0 Å². The smallest absolute Gasteiger partial charge is 0.253 e. The van der Waals surface area contributed by atoms with Crippen molar-refractivity contribution in [3.05, 3.63) is 41.2 Å². The second-order valence-corrected chi connectivity index (χ2v) is 7.77. The molecule has 0 saturated carbocycles. The van der Waals surface area contributed by atoms with Crippen LogP contribution < -0.4 is 25.0 Å². The molecule has 2 amide bonds. The number of anilines is 1. The van der Waals surface area contributed by atoms with Crippen LogP contribution in [0.4, 0.5) is 5.82 Å². The van der Waals surface area contributed by atoms with Gasteiger partial charge in [0.1, 0.15) is 24.3 Å². The van der Waals surface area contributed by atoms with Gasteiger partial charge in [-0.1, -0.05) is 0 Å². The molecular formula is C22H27N5O4. The van der Waals surface area contributed by atoms with Gasteiger partial charge in [-0.05, 0) is 24.6 Å². The lowest BCUT2D eigenvalue weighted by Crippen LogP contribution is -2.39. The van der Waals surface area contributed by atoms with E-state index in [1.807, 2.05) is 19.1 Å². The number of nitrogens with zero attached hydrogens (tertiary/aromatic N) is 3. The number of aromatic nitrogens is 2. The van der Waals surface area contributed by atoms with Crippen molar-refractivity contribution in [2.24, 2.45) is 0 Å². The van der Waals surface area contributed by atoms with Gasteiger partial charge in [-0.15, -0.1) is 0 Å². The minimum atomic E-state index is -0.0828. The number of piperidine rings is 1. The van der Waals surface area contributed by atoms with Crippen LogP contribution in [0.1, 0.15) is 41.4 Å². The number of fused-ring (bicyclic) bond motifs is 1. The maximum absolute atomic E-state index is 11.8. The van der Waals surface area contributed by atoms with Crippen molar-refractivity contribution in [3.63, 3.8) is 0 Å². The van der Waals surface area contributed by atoms with Crippen LogP contribution in [0.2, 0.25) is 0 Å². The van der Waals surface area contributed by atoms with Gasteiger partial charge >= 0.3 is 0 Å². The van der Waals surface area contributed by atoms with Gasteiger partial charge in [0, 0.05) is 38.9 Å². The Balaban J connectivity index is 1.27. The number of nitrogens with one attached hydrogen (secondary N) is 2. The Morgan fingerprint density at radius 1 is 1.32 bits per heavy atom. The van der Waals surface area contributed by atoms with Gasteiger partial charge in [-0.25, -0.2) is 9.97 Å². The largest absolute Gasteiger partial charge is 0.489 e. The van der Waals surface area contributed by atoms with E-state index in [1.165, 1.54) is 6.92 Å². The molecule has 2 aliphatic rings. The molecule has 0 aromatic carbocycles. The first-order chi connectivity index (χ1) is 15.0. The summed E-state index contributed by atoms with van der Waals surface area (Å²) >= 11 is 0. The zero-order valence-corrected chi connectivity index (χ0v) is 17.8. The summed E-state index contributed by atoms with van der Waals surface area (Å²) in [6.45, 7) is 6.47. The average molecular weight is 425 g/mol. The van der Waals surface area contributed by atoms with Gasteiger partial charge in [0.25, 0.3) is 5.91 Å². The molecule has 0 radical (unpaired) electrons. The van der Waals surface area contributed by atoms with E-state index in [2.05, 4.69) is 20.5 Å². The van der Waals surface area contributed by atoms with E-state index in [9.17, 15) is 9.59 Å². The number of amides is 2. The number of ether oxygens (including phenoxy) is 2. The zero-order chi connectivity index (χ0) is 21.8. The molecule has 2 aromatic heterocycles. The van der Waals surface area contributed by atoms with Crippen LogP contribution >= 0.6 is 0 Å². The van der Waals surface area contributed by atoms with Crippen molar-refractivity contribution >= 4 is 17.6 Å². The molecule has 0 bridgehead atoms. The molecule has 9 nitrogen and oxygen atoms in total. The van der Waals surface area contributed by atoms with Gasteiger partial charge in [-0.2, -0.15) is 0 Å². The molecule has 4 heterocycles. The molecule has 164 valence electrons. The highest BCUT2D eigenvalue weighted by Gasteiger charge is 2.26. The van der Waals surface area contributed by atoms with E-state index < -0.39 is 0 Å². The van der Waals surface area contributed by atoms with E-state index in [0.717, 1.165) is 43.0 Å². The van der Waals surface area contributed by atoms with Crippen LogP contribution in [0.25, 0.3) is 0 Å². The van der Waals surface area contributed by atoms with Crippen LogP contribution in [0.5, 0.6) is 11.6 Å². The normalized spacial score (nSPS) is 15.9. The Morgan fingerprint density at radius 2 is 2.13 bits per heavy atom. The molecule has 0 atom stereocenters. The third-order valence-electron chi connectivity index (χ3n) is 5.41. The summed E-state index contributed by atoms with van der Waals surface area (Å²) in [6.07, 6.45) is 3.54. The molecular weight excluding hydrogens is 398 g/mol. The fourth-order valence-electron chi connectivity index (χ4n) is 3.83. The number of hydrogen-bond donors (Lipinski definition) is 2. The molecule has 1 saturated heterocycles. The predicted molar refractivity (Wildman–Crippen MR) is 114 cm³/mol. The highest BCUT2D eigenvalue weighted by Crippen LogP contribution is 2.27. The molecule has 4 rings (SSSR count). The molecule has 2 aromatic rings. The quantitative estimate of drug-likeness (QED) is 0.649. The fraction of sp³-hybridized carbons (Fsp3) is 0.455. The molecule has 31 heavy (non-hydrogen) atoms. The molecule has 0 spiro atoms. The number of rotatable bonds is 7. The Hall–Kier alpha value is -3.36. The molecule has 2 aliphatic heterocycles. The van der Waals surface area contributed by atoms with E-state index in [4.69, 9.17) is 14.5 Å². The fourth-order valence-corrected chi connectivity index (χ4v) is 3.83. The minimum absolute atomic E-state index is 0.0398. The Morgan fingerprint density at radius 3 is 2.84 bits per heavy atom. The molecule has 0 unspecified atom stereocenters. The van der Waals surface area contributed by atoms with E-state index in [1.54, 1.807) is 12.3 Å². The van der Waals surface area contributed by atoms with Crippen LogP contribution in [0.3, 0.4) is 0 Å². The summed E-state index contributed by atoms with van der Waals surface area (Å²) < 4.78 is 11.6. The minimum Gasteiger partial charge on any atom is -0.489 e. The first-order valence-corrected chi connectivity index (χ1v) is 10.5. The molecule has 0 aliphatic carbocycles. The summed E-state index contributed by atoms with van der Waals surface area (Å²) in [5, 5.41) is 5.50. The molecule has 1 fully saturated rings. The number of aryl methyl sites for hydroxylation is 1. The first kappa shape index (κ1) is 20.9. The van der Waals surface area contributed by atoms with Crippen LogP contribution in [0, 0.1) is 6.92 Å². The van der Waals surface area contributed by atoms with E-state index >= 15 is 0 Å². The monoisotopic (exact) mass is 425 g/mol. The summed E-state index contributed by atoms with van der Waals surface area (Å²) in [4.78, 5) is 33.9. The standard InChI is InChI=1S/C22H27N5O4/c1-14-11-18-19(13-25-22(18)29)26-21(14)27-8-5-16(6-9-27)31-17-3-4-20(24-12-17)30-10-7-23-15(2)28/h3-4,11-12,16H,5-10,13H2,1-2H3,(H,23,28)(H,25,29). The van der Waals surface area contributed by atoms with Crippen molar-refractivity contribution in [3.8, 4) is 11.6 Å². The topological polar surface area (TPSA) is 106 Å². The maximum Gasteiger partial charge on any atom is 0.253 e. The third-order valence-corrected chi connectivity index (χ3v) is 5.41. The number of pyridine rings is 2. The van der Waals surface area contributed by atoms with Crippen LogP contribution in [-0.2, 0) is 11.3 Å². The van der Waals surface area contributed by atoms with Gasteiger partial charge < -0.3 is 25.0 Å². The van der Waals surface area contributed by atoms with Crippen LogP contribution in [0.15, 0.2) is 24.4 Å². The van der Waals surface area contributed by atoms with Crippen molar-refractivity contribution in [1.29, 1.82) is 0 Å². The highest BCUT2D eigenvalue weighted by molar-refractivity contribution is 5.98. The third kappa shape index (κ3) is 5.04. The molecule has 9 heteroatoms. The summed E-state index contributed by atoms with van der Waals surface area (Å²) in [6, 6.07) is 5.56. The lowest BCUT2D eigenvalue weighted by Gasteiger charge is -2.33. The summed E-state index contributed by atoms with van der Waals surface area (Å²) in [7, 11) is 0.